The monoisotopic (exact) mass is 333 g/mol. The molecular formula is C16H19ClF3NO. The summed E-state index contributed by atoms with van der Waals surface area (Å²) in [5.41, 5.74) is -0.603. The highest BCUT2D eigenvalue weighted by Gasteiger charge is 2.34. The van der Waals surface area contributed by atoms with Crippen molar-refractivity contribution in [2.75, 3.05) is 6.61 Å². The van der Waals surface area contributed by atoms with E-state index in [0.29, 0.717) is 12.5 Å². The number of oxime groups is 1. The summed E-state index contributed by atoms with van der Waals surface area (Å²) in [5.74, 6) is 0.451. The Morgan fingerprint density at radius 3 is 2.59 bits per heavy atom. The van der Waals surface area contributed by atoms with Gasteiger partial charge in [0.1, 0.15) is 6.61 Å². The Balaban J connectivity index is 2.09. The maximum absolute atomic E-state index is 13.0. The Bertz CT molecular complexity index is 537. The van der Waals surface area contributed by atoms with Gasteiger partial charge in [-0.2, -0.15) is 13.2 Å². The van der Waals surface area contributed by atoms with Gasteiger partial charge >= 0.3 is 6.18 Å². The lowest BCUT2D eigenvalue weighted by Crippen LogP contribution is -2.14. The molecule has 2 rings (SSSR count). The molecule has 0 radical (unpaired) electrons. The predicted molar refractivity (Wildman–Crippen MR) is 81.2 cm³/mol. The van der Waals surface area contributed by atoms with Gasteiger partial charge in [-0.15, -0.1) is 0 Å². The highest BCUT2D eigenvalue weighted by Crippen LogP contribution is 2.33. The molecule has 1 fully saturated rings. The second kappa shape index (κ2) is 7.36. The third-order valence-corrected chi connectivity index (χ3v) is 4.15. The Hall–Kier alpha value is -1.23. The molecular weight excluding hydrogens is 315 g/mol. The molecule has 0 aromatic heterocycles. The smallest absolute Gasteiger partial charge is 0.395 e. The van der Waals surface area contributed by atoms with Gasteiger partial charge in [0.2, 0.25) is 0 Å². The summed E-state index contributed by atoms with van der Waals surface area (Å²) in [6, 6.07) is 3.47. The lowest BCUT2D eigenvalue weighted by molar-refractivity contribution is -0.137. The highest BCUT2D eigenvalue weighted by molar-refractivity contribution is 6.31. The van der Waals surface area contributed by atoms with Crippen molar-refractivity contribution in [3.63, 3.8) is 0 Å². The Labute approximate surface area is 133 Å². The minimum absolute atomic E-state index is 0.0383. The molecule has 0 atom stereocenters. The van der Waals surface area contributed by atoms with Crippen molar-refractivity contribution in [3.05, 3.63) is 34.3 Å². The molecule has 0 heterocycles. The second-order valence-corrected chi connectivity index (χ2v) is 6.10. The van der Waals surface area contributed by atoms with Crippen molar-refractivity contribution in [2.24, 2.45) is 11.1 Å². The van der Waals surface area contributed by atoms with Gasteiger partial charge in [-0.05, 0) is 43.9 Å². The molecule has 0 unspecified atom stereocenters. The first kappa shape index (κ1) is 17.1. The number of halogens is 4. The quantitative estimate of drug-likeness (QED) is 0.513. The first-order valence-electron chi connectivity index (χ1n) is 7.41. The standard InChI is InChI=1S/C16H19ClF3NO/c1-11(21-22-10-12-5-3-2-4-6-12)14-9-13(17)7-8-15(14)16(18,19)20/h7-9,12H,2-6,10H2,1H3/b21-11+. The molecule has 1 aliphatic carbocycles. The Morgan fingerprint density at radius 1 is 1.27 bits per heavy atom. The van der Waals surface area contributed by atoms with Crippen LogP contribution in [0.2, 0.25) is 5.02 Å². The predicted octanol–water partition coefficient (Wildman–Crippen LogP) is 5.68. The first-order valence-corrected chi connectivity index (χ1v) is 7.79. The maximum Gasteiger partial charge on any atom is 0.417 e. The van der Waals surface area contributed by atoms with E-state index >= 15 is 0 Å². The SMILES string of the molecule is C/C(=N\OCC1CCCCC1)c1cc(Cl)ccc1C(F)(F)F. The topological polar surface area (TPSA) is 21.6 Å². The van der Waals surface area contributed by atoms with Gasteiger partial charge in [-0.25, -0.2) is 0 Å². The normalized spacial score (nSPS) is 17.6. The zero-order valence-electron chi connectivity index (χ0n) is 12.4. The lowest BCUT2D eigenvalue weighted by atomic mass is 9.90. The number of hydrogen-bond donors (Lipinski definition) is 0. The summed E-state index contributed by atoms with van der Waals surface area (Å²) in [6.07, 6.45) is 1.36. The number of alkyl halides is 3. The van der Waals surface area contributed by atoms with Crippen LogP contribution in [0, 0.1) is 5.92 Å². The zero-order valence-corrected chi connectivity index (χ0v) is 13.2. The van der Waals surface area contributed by atoms with Gasteiger partial charge < -0.3 is 4.84 Å². The lowest BCUT2D eigenvalue weighted by Gasteiger charge is -2.20. The van der Waals surface area contributed by atoms with Crippen molar-refractivity contribution >= 4 is 17.3 Å². The van der Waals surface area contributed by atoms with E-state index in [-0.39, 0.29) is 16.3 Å². The van der Waals surface area contributed by atoms with Crippen molar-refractivity contribution in [3.8, 4) is 0 Å². The Kier molecular flexibility index (Phi) is 5.73. The van der Waals surface area contributed by atoms with Crippen molar-refractivity contribution in [1.29, 1.82) is 0 Å². The summed E-state index contributed by atoms with van der Waals surface area (Å²) < 4.78 is 39.0. The van der Waals surface area contributed by atoms with E-state index in [1.807, 2.05) is 0 Å². The minimum atomic E-state index is -4.44. The van der Waals surface area contributed by atoms with E-state index in [2.05, 4.69) is 5.16 Å². The number of nitrogens with zero attached hydrogens (tertiary/aromatic N) is 1. The van der Waals surface area contributed by atoms with Gasteiger partial charge in [0.05, 0.1) is 11.3 Å². The maximum atomic E-state index is 13.0. The molecule has 0 N–H and O–H groups in total. The van der Waals surface area contributed by atoms with Gasteiger partial charge in [-0.1, -0.05) is 36.0 Å². The molecule has 0 saturated heterocycles. The molecule has 0 aliphatic heterocycles. The van der Waals surface area contributed by atoms with Crippen molar-refractivity contribution in [1.82, 2.24) is 0 Å². The summed E-state index contributed by atoms with van der Waals surface area (Å²) in [5, 5.41) is 4.10. The van der Waals surface area contributed by atoms with Crippen LogP contribution in [0.15, 0.2) is 23.4 Å². The fourth-order valence-electron chi connectivity index (χ4n) is 2.71. The number of benzene rings is 1. The third-order valence-electron chi connectivity index (χ3n) is 3.91. The fraction of sp³-hybridized carbons (Fsp3) is 0.562. The molecule has 22 heavy (non-hydrogen) atoms. The van der Waals surface area contributed by atoms with E-state index in [9.17, 15) is 13.2 Å². The number of rotatable bonds is 4. The van der Waals surface area contributed by atoms with Crippen LogP contribution in [0.25, 0.3) is 0 Å². The molecule has 1 aromatic carbocycles. The van der Waals surface area contributed by atoms with Crippen LogP contribution in [0.5, 0.6) is 0 Å². The van der Waals surface area contributed by atoms with Crippen LogP contribution < -0.4 is 0 Å². The van der Waals surface area contributed by atoms with Crippen LogP contribution >= 0.6 is 11.6 Å². The molecule has 2 nitrogen and oxygen atoms in total. The Morgan fingerprint density at radius 2 is 1.95 bits per heavy atom. The van der Waals surface area contributed by atoms with Gasteiger partial charge in [0.15, 0.2) is 0 Å². The highest BCUT2D eigenvalue weighted by atomic mass is 35.5. The fourth-order valence-corrected chi connectivity index (χ4v) is 2.88. The first-order chi connectivity index (χ1) is 10.4. The minimum Gasteiger partial charge on any atom is -0.395 e. The average molecular weight is 334 g/mol. The van der Waals surface area contributed by atoms with Crippen LogP contribution in [-0.4, -0.2) is 12.3 Å². The van der Waals surface area contributed by atoms with E-state index in [0.717, 1.165) is 18.9 Å². The summed E-state index contributed by atoms with van der Waals surface area (Å²) >= 11 is 5.80. The van der Waals surface area contributed by atoms with Crippen molar-refractivity contribution < 1.29 is 18.0 Å². The van der Waals surface area contributed by atoms with Gasteiger partial charge in [-0.3, -0.25) is 0 Å². The van der Waals surface area contributed by atoms with Gasteiger partial charge in [0.25, 0.3) is 0 Å². The molecule has 0 spiro atoms. The van der Waals surface area contributed by atoms with Crippen LogP contribution in [0.3, 0.4) is 0 Å². The zero-order chi connectivity index (χ0) is 16.2. The van der Waals surface area contributed by atoms with Gasteiger partial charge in [0, 0.05) is 10.6 Å². The van der Waals surface area contributed by atoms with E-state index in [4.69, 9.17) is 16.4 Å². The molecule has 6 heteroatoms. The summed E-state index contributed by atoms with van der Waals surface area (Å²) in [7, 11) is 0. The second-order valence-electron chi connectivity index (χ2n) is 5.66. The van der Waals surface area contributed by atoms with Crippen LogP contribution in [-0.2, 0) is 11.0 Å². The molecule has 1 saturated carbocycles. The van der Waals surface area contributed by atoms with Crippen molar-refractivity contribution in [2.45, 2.75) is 45.2 Å². The van der Waals surface area contributed by atoms with E-state index in [1.165, 1.54) is 38.3 Å². The third kappa shape index (κ3) is 4.63. The van der Waals surface area contributed by atoms with Crippen LogP contribution in [0.4, 0.5) is 13.2 Å². The molecule has 0 bridgehead atoms. The van der Waals surface area contributed by atoms with Crippen LogP contribution in [0.1, 0.15) is 50.2 Å². The molecule has 1 aliphatic rings. The average Bonchev–Trinajstić information content (AvgIpc) is 2.47. The molecule has 122 valence electrons. The van der Waals surface area contributed by atoms with E-state index < -0.39 is 11.7 Å². The van der Waals surface area contributed by atoms with E-state index in [1.54, 1.807) is 0 Å². The largest absolute Gasteiger partial charge is 0.417 e. The number of hydrogen-bond acceptors (Lipinski definition) is 2. The molecule has 0 amide bonds. The molecule has 1 aromatic rings. The summed E-state index contributed by atoms with van der Waals surface area (Å²) in [4.78, 5) is 5.27. The summed E-state index contributed by atoms with van der Waals surface area (Å²) in [6.45, 7) is 1.96.